The van der Waals surface area contributed by atoms with Crippen molar-refractivity contribution in [2.45, 2.75) is 37.8 Å². The lowest BCUT2D eigenvalue weighted by Gasteiger charge is -2.31. The Labute approximate surface area is 95.6 Å². The zero-order valence-corrected chi connectivity index (χ0v) is 10.1. The Bertz CT molecular complexity index is 427. The van der Waals surface area contributed by atoms with Gasteiger partial charge in [0.2, 0.25) is 0 Å². The van der Waals surface area contributed by atoms with E-state index in [0.717, 1.165) is 31.9 Å². The van der Waals surface area contributed by atoms with Gasteiger partial charge in [-0.25, -0.2) is 4.98 Å². The maximum atomic E-state index is 11.2. The van der Waals surface area contributed by atoms with E-state index in [0.29, 0.717) is 0 Å². The Morgan fingerprint density at radius 3 is 2.75 bits per heavy atom. The molecule has 1 aliphatic rings. The molecule has 0 spiro atoms. The molecule has 1 heterocycles. The van der Waals surface area contributed by atoms with Gasteiger partial charge in [-0.1, -0.05) is 12.8 Å². The molecule has 0 bridgehead atoms. The van der Waals surface area contributed by atoms with Gasteiger partial charge in [-0.2, -0.15) is 8.42 Å². The van der Waals surface area contributed by atoms with E-state index in [2.05, 4.69) is 4.98 Å². The van der Waals surface area contributed by atoms with Gasteiger partial charge in [0.05, 0.1) is 24.7 Å². The minimum absolute atomic E-state index is 0.0889. The van der Waals surface area contributed by atoms with Crippen LogP contribution in [0.25, 0.3) is 0 Å². The lowest BCUT2D eigenvalue weighted by molar-refractivity contribution is 0.105. The smallest absolute Gasteiger partial charge is 0.264 e. The lowest BCUT2D eigenvalue weighted by atomic mass is 9.92. The first-order valence-electron chi connectivity index (χ1n) is 5.42. The van der Waals surface area contributed by atoms with Crippen LogP contribution in [0, 0.1) is 0 Å². The number of imidazole rings is 1. The molecule has 0 amide bonds. The molecule has 0 unspecified atom stereocenters. The molecule has 2 atom stereocenters. The van der Waals surface area contributed by atoms with Crippen molar-refractivity contribution < 1.29 is 12.6 Å². The fraction of sp³-hybridized carbons (Fsp3) is 0.700. The first-order chi connectivity index (χ1) is 7.56. The third kappa shape index (κ3) is 2.82. The van der Waals surface area contributed by atoms with E-state index in [1.165, 1.54) is 0 Å². The Morgan fingerprint density at radius 1 is 1.38 bits per heavy atom. The van der Waals surface area contributed by atoms with Crippen molar-refractivity contribution in [1.82, 2.24) is 9.55 Å². The normalized spacial score (nSPS) is 26.8. The van der Waals surface area contributed by atoms with Crippen LogP contribution in [0.3, 0.4) is 0 Å². The molecule has 5 nitrogen and oxygen atoms in total. The minimum atomic E-state index is -3.38. The van der Waals surface area contributed by atoms with Crippen molar-refractivity contribution in [2.24, 2.45) is 0 Å². The second-order valence-corrected chi connectivity index (χ2v) is 5.80. The van der Waals surface area contributed by atoms with Crippen molar-refractivity contribution in [2.75, 3.05) is 6.26 Å². The molecular weight excluding hydrogens is 228 g/mol. The van der Waals surface area contributed by atoms with Gasteiger partial charge in [0.15, 0.2) is 0 Å². The predicted octanol–water partition coefficient (Wildman–Crippen LogP) is 1.34. The van der Waals surface area contributed by atoms with Crippen LogP contribution in [-0.2, 0) is 14.3 Å². The molecule has 0 saturated heterocycles. The molecule has 0 radical (unpaired) electrons. The maximum absolute atomic E-state index is 11.2. The molecule has 6 heteroatoms. The van der Waals surface area contributed by atoms with E-state index in [1.807, 2.05) is 10.8 Å². The summed E-state index contributed by atoms with van der Waals surface area (Å²) in [6, 6.07) is 0.0889. The summed E-state index contributed by atoms with van der Waals surface area (Å²) in [5, 5.41) is 0. The Morgan fingerprint density at radius 2 is 2.12 bits per heavy atom. The van der Waals surface area contributed by atoms with E-state index in [-0.39, 0.29) is 12.1 Å². The van der Waals surface area contributed by atoms with Crippen LogP contribution in [0.5, 0.6) is 0 Å². The molecule has 2 rings (SSSR count). The van der Waals surface area contributed by atoms with Gasteiger partial charge in [-0.05, 0) is 12.8 Å². The van der Waals surface area contributed by atoms with E-state index in [4.69, 9.17) is 4.18 Å². The van der Waals surface area contributed by atoms with Gasteiger partial charge >= 0.3 is 0 Å². The molecule has 1 saturated carbocycles. The van der Waals surface area contributed by atoms with E-state index in [1.54, 1.807) is 12.5 Å². The third-order valence-corrected chi connectivity index (χ3v) is 3.47. The second kappa shape index (κ2) is 4.55. The topological polar surface area (TPSA) is 61.2 Å². The highest BCUT2D eigenvalue weighted by molar-refractivity contribution is 7.86. The zero-order valence-electron chi connectivity index (χ0n) is 9.24. The fourth-order valence-corrected chi connectivity index (χ4v) is 2.89. The monoisotopic (exact) mass is 244 g/mol. The summed E-state index contributed by atoms with van der Waals surface area (Å²) in [5.74, 6) is 0. The molecule has 1 fully saturated rings. The molecule has 0 aliphatic heterocycles. The molecule has 0 aromatic carbocycles. The Kier molecular flexibility index (Phi) is 3.30. The number of nitrogens with zero attached hydrogens (tertiary/aromatic N) is 2. The van der Waals surface area contributed by atoms with Crippen LogP contribution in [-0.4, -0.2) is 30.3 Å². The number of hydrogen-bond acceptors (Lipinski definition) is 4. The molecule has 0 N–H and O–H groups in total. The van der Waals surface area contributed by atoms with Crippen molar-refractivity contribution in [3.63, 3.8) is 0 Å². The highest BCUT2D eigenvalue weighted by Crippen LogP contribution is 2.31. The van der Waals surface area contributed by atoms with Crippen molar-refractivity contribution in [1.29, 1.82) is 0 Å². The van der Waals surface area contributed by atoms with Crippen LogP contribution in [0.15, 0.2) is 18.7 Å². The highest BCUT2D eigenvalue weighted by atomic mass is 32.2. The summed E-state index contributed by atoms with van der Waals surface area (Å²) >= 11 is 0. The van der Waals surface area contributed by atoms with E-state index >= 15 is 0 Å². The van der Waals surface area contributed by atoms with Gasteiger partial charge in [-0.3, -0.25) is 4.18 Å². The van der Waals surface area contributed by atoms with Crippen molar-refractivity contribution in [3.05, 3.63) is 18.7 Å². The van der Waals surface area contributed by atoms with Gasteiger partial charge in [0.25, 0.3) is 10.1 Å². The van der Waals surface area contributed by atoms with Gasteiger partial charge in [-0.15, -0.1) is 0 Å². The average molecular weight is 244 g/mol. The highest BCUT2D eigenvalue weighted by Gasteiger charge is 2.29. The van der Waals surface area contributed by atoms with Crippen molar-refractivity contribution >= 4 is 10.1 Å². The van der Waals surface area contributed by atoms with Crippen LogP contribution >= 0.6 is 0 Å². The number of rotatable bonds is 3. The molecule has 1 aliphatic carbocycles. The summed E-state index contributed by atoms with van der Waals surface area (Å²) < 4.78 is 29.4. The third-order valence-electron chi connectivity index (χ3n) is 2.87. The largest absolute Gasteiger partial charge is 0.332 e. The first kappa shape index (κ1) is 11.6. The lowest BCUT2D eigenvalue weighted by Crippen LogP contribution is -2.31. The Balaban J connectivity index is 2.15. The van der Waals surface area contributed by atoms with Gasteiger partial charge < -0.3 is 4.57 Å². The second-order valence-electron chi connectivity index (χ2n) is 4.20. The van der Waals surface area contributed by atoms with E-state index < -0.39 is 10.1 Å². The minimum Gasteiger partial charge on any atom is -0.332 e. The van der Waals surface area contributed by atoms with Crippen molar-refractivity contribution in [3.8, 4) is 0 Å². The van der Waals surface area contributed by atoms with Gasteiger partial charge in [0.1, 0.15) is 0 Å². The summed E-state index contributed by atoms with van der Waals surface area (Å²) in [6.07, 6.45) is 9.98. The molecule has 16 heavy (non-hydrogen) atoms. The number of aromatic nitrogens is 2. The zero-order chi connectivity index (χ0) is 11.6. The standard InChI is InChI=1S/C10H16N2O3S/c1-16(13,14)15-10-5-3-2-4-9(10)12-7-6-11-8-12/h6-10H,2-5H2,1H3/t9-,10+/m0/s1. The fourth-order valence-electron chi connectivity index (χ4n) is 2.22. The maximum Gasteiger partial charge on any atom is 0.264 e. The quantitative estimate of drug-likeness (QED) is 0.753. The molecule has 90 valence electrons. The average Bonchev–Trinajstić information content (AvgIpc) is 2.69. The van der Waals surface area contributed by atoms with Crippen LogP contribution < -0.4 is 0 Å². The molecule has 1 aromatic heterocycles. The summed E-state index contributed by atoms with van der Waals surface area (Å²) in [7, 11) is -3.38. The van der Waals surface area contributed by atoms with Crippen LogP contribution in [0.2, 0.25) is 0 Å². The predicted molar refractivity (Wildman–Crippen MR) is 59.4 cm³/mol. The van der Waals surface area contributed by atoms with E-state index in [9.17, 15) is 8.42 Å². The molecular formula is C10H16N2O3S. The van der Waals surface area contributed by atoms with Crippen LogP contribution in [0.1, 0.15) is 31.7 Å². The SMILES string of the molecule is CS(=O)(=O)O[C@@H]1CCCC[C@@H]1n1ccnc1. The first-order valence-corrected chi connectivity index (χ1v) is 7.23. The summed E-state index contributed by atoms with van der Waals surface area (Å²) in [5.41, 5.74) is 0. The Hall–Kier alpha value is -0.880. The van der Waals surface area contributed by atoms with Crippen LogP contribution in [0.4, 0.5) is 0 Å². The molecule has 1 aromatic rings. The summed E-state index contributed by atoms with van der Waals surface area (Å²) in [6.45, 7) is 0. The number of hydrogen-bond donors (Lipinski definition) is 0. The summed E-state index contributed by atoms with van der Waals surface area (Å²) in [4.78, 5) is 3.99. The van der Waals surface area contributed by atoms with Gasteiger partial charge in [0, 0.05) is 12.4 Å².